The fraction of sp³-hybridized carbons (Fsp3) is 0.348. The quantitative estimate of drug-likeness (QED) is 0.405. The minimum Gasteiger partial charge on any atom is -0.481 e. The lowest BCUT2D eigenvalue weighted by atomic mass is 10.1. The molecule has 6 nitrogen and oxygen atoms in total. The maximum absolute atomic E-state index is 12.7. The Kier molecular flexibility index (Phi) is 7.00. The molecular weight excluding hydrogens is 368 g/mol. The van der Waals surface area contributed by atoms with Gasteiger partial charge in [0.25, 0.3) is 0 Å². The highest BCUT2D eigenvalue weighted by Crippen LogP contribution is 2.19. The van der Waals surface area contributed by atoms with Gasteiger partial charge in [0.2, 0.25) is 5.91 Å². The Labute approximate surface area is 169 Å². The molecule has 0 aliphatic heterocycles. The maximum atomic E-state index is 12.7. The summed E-state index contributed by atoms with van der Waals surface area (Å²) in [4.78, 5) is 35.7. The van der Waals surface area contributed by atoms with Crippen molar-refractivity contribution in [1.82, 2.24) is 9.88 Å². The molecule has 0 unspecified atom stereocenters. The molecule has 1 aromatic heterocycles. The topological polar surface area (TPSA) is 88.4 Å². The van der Waals surface area contributed by atoms with Gasteiger partial charge in [-0.25, -0.2) is 0 Å². The number of rotatable bonds is 10. The number of carboxylic acid groups (broad SMARTS) is 1. The predicted molar refractivity (Wildman–Crippen MR) is 114 cm³/mol. The Morgan fingerprint density at radius 2 is 1.38 bits per heavy atom. The lowest BCUT2D eigenvalue weighted by Crippen LogP contribution is -2.29. The summed E-state index contributed by atoms with van der Waals surface area (Å²) in [6.07, 6.45) is 4.62. The molecule has 0 aliphatic carbocycles. The molecule has 2 aromatic carbocycles. The van der Waals surface area contributed by atoms with Gasteiger partial charge >= 0.3 is 5.97 Å². The van der Waals surface area contributed by atoms with Crippen molar-refractivity contribution in [3.05, 3.63) is 58.8 Å². The van der Waals surface area contributed by atoms with Crippen LogP contribution in [0.1, 0.15) is 38.5 Å². The predicted octanol–water partition coefficient (Wildman–Crippen LogP) is 3.70. The highest BCUT2D eigenvalue weighted by atomic mass is 16.4. The average molecular weight is 394 g/mol. The molecule has 2 N–H and O–H groups in total. The Morgan fingerprint density at radius 1 is 0.828 bits per heavy atom. The Balaban J connectivity index is 1.61. The highest BCUT2D eigenvalue weighted by molar-refractivity contribution is 5.94. The summed E-state index contributed by atoms with van der Waals surface area (Å²) in [7, 11) is 0. The smallest absolute Gasteiger partial charge is 0.303 e. The number of carbonyl (C=O) groups excluding carboxylic acids is 1. The van der Waals surface area contributed by atoms with E-state index in [1.807, 2.05) is 41.0 Å². The van der Waals surface area contributed by atoms with Gasteiger partial charge in [-0.1, -0.05) is 43.5 Å². The van der Waals surface area contributed by atoms with Crippen molar-refractivity contribution in [1.29, 1.82) is 0 Å². The first-order valence-corrected chi connectivity index (χ1v) is 10.1. The third kappa shape index (κ3) is 5.22. The number of hydrogen-bond acceptors (Lipinski definition) is 3. The molecule has 152 valence electrons. The van der Waals surface area contributed by atoms with Gasteiger partial charge in [0.1, 0.15) is 6.54 Å². The second-order valence-electron chi connectivity index (χ2n) is 7.21. The van der Waals surface area contributed by atoms with Crippen LogP contribution in [-0.4, -0.2) is 28.1 Å². The average Bonchev–Trinajstić information content (AvgIpc) is 2.73. The number of nitrogens with zero attached hydrogens (tertiary/aromatic N) is 1. The van der Waals surface area contributed by atoms with Crippen molar-refractivity contribution >= 4 is 33.7 Å². The minimum atomic E-state index is -0.750. The number of hydrogen-bond donors (Lipinski definition) is 2. The van der Waals surface area contributed by atoms with Gasteiger partial charge in [0.15, 0.2) is 5.43 Å². The van der Waals surface area contributed by atoms with Crippen LogP contribution in [0.25, 0.3) is 21.8 Å². The van der Waals surface area contributed by atoms with Crippen LogP contribution in [-0.2, 0) is 16.1 Å². The minimum absolute atomic E-state index is 0.0178. The summed E-state index contributed by atoms with van der Waals surface area (Å²) in [5.41, 5.74) is 1.49. The molecule has 3 aromatic rings. The lowest BCUT2D eigenvalue weighted by molar-refractivity contribution is -0.137. The number of fused-ring (bicyclic) bond motifs is 2. The number of amides is 1. The number of nitrogens with one attached hydrogen (secondary N) is 1. The third-order valence-corrected chi connectivity index (χ3v) is 5.07. The largest absolute Gasteiger partial charge is 0.481 e. The van der Waals surface area contributed by atoms with Crippen LogP contribution in [0.15, 0.2) is 53.3 Å². The van der Waals surface area contributed by atoms with Crippen molar-refractivity contribution in [2.75, 3.05) is 6.54 Å². The Bertz CT molecular complexity index is 1010. The van der Waals surface area contributed by atoms with E-state index in [-0.39, 0.29) is 24.3 Å². The van der Waals surface area contributed by atoms with Crippen LogP contribution in [0.4, 0.5) is 0 Å². The zero-order chi connectivity index (χ0) is 20.6. The number of carbonyl (C=O) groups is 2. The lowest BCUT2D eigenvalue weighted by Gasteiger charge is -2.15. The Morgan fingerprint density at radius 3 is 2.00 bits per heavy atom. The maximum Gasteiger partial charge on any atom is 0.303 e. The van der Waals surface area contributed by atoms with Crippen LogP contribution in [0.5, 0.6) is 0 Å². The van der Waals surface area contributed by atoms with Crippen molar-refractivity contribution in [2.45, 2.75) is 45.1 Å². The van der Waals surface area contributed by atoms with E-state index in [1.165, 1.54) is 0 Å². The first-order valence-electron chi connectivity index (χ1n) is 10.1. The molecule has 0 spiro atoms. The molecule has 0 bridgehead atoms. The second-order valence-corrected chi connectivity index (χ2v) is 7.21. The van der Waals surface area contributed by atoms with Gasteiger partial charge in [-0.2, -0.15) is 0 Å². The van der Waals surface area contributed by atoms with E-state index in [1.54, 1.807) is 12.1 Å². The molecule has 1 heterocycles. The van der Waals surface area contributed by atoms with Crippen LogP contribution in [0.2, 0.25) is 0 Å². The molecule has 0 saturated heterocycles. The molecule has 3 rings (SSSR count). The van der Waals surface area contributed by atoms with Gasteiger partial charge < -0.3 is 15.0 Å². The molecule has 0 atom stereocenters. The summed E-state index contributed by atoms with van der Waals surface area (Å²) < 4.78 is 1.90. The van der Waals surface area contributed by atoms with Crippen LogP contribution in [0.3, 0.4) is 0 Å². The van der Waals surface area contributed by atoms with E-state index < -0.39 is 5.97 Å². The SMILES string of the molecule is O=C(O)CCCCCCCNC(=O)Cn1c2ccccc2c(=O)c2ccccc21. The van der Waals surface area contributed by atoms with Crippen LogP contribution < -0.4 is 10.7 Å². The van der Waals surface area contributed by atoms with E-state index >= 15 is 0 Å². The molecule has 6 heteroatoms. The fourth-order valence-corrected chi connectivity index (χ4v) is 3.61. The number of aliphatic carboxylic acids is 1. The number of pyridine rings is 1. The number of benzene rings is 2. The number of aromatic nitrogens is 1. The summed E-state index contributed by atoms with van der Waals surface area (Å²) in [6, 6.07) is 14.7. The van der Waals surface area contributed by atoms with Crippen LogP contribution in [0, 0.1) is 0 Å². The first kappa shape index (κ1) is 20.6. The number of para-hydroxylation sites is 2. The van der Waals surface area contributed by atoms with E-state index in [0.29, 0.717) is 23.7 Å². The molecule has 0 fully saturated rings. The van der Waals surface area contributed by atoms with Crippen molar-refractivity contribution < 1.29 is 14.7 Å². The van der Waals surface area contributed by atoms with Crippen LogP contribution >= 0.6 is 0 Å². The molecular formula is C23H26N2O4. The van der Waals surface area contributed by atoms with Gasteiger partial charge in [-0.05, 0) is 37.1 Å². The van der Waals surface area contributed by atoms with Gasteiger partial charge in [0.05, 0.1) is 11.0 Å². The highest BCUT2D eigenvalue weighted by Gasteiger charge is 2.12. The van der Waals surface area contributed by atoms with Gasteiger partial charge in [-0.15, -0.1) is 0 Å². The van der Waals surface area contributed by atoms with E-state index in [2.05, 4.69) is 5.32 Å². The van der Waals surface area contributed by atoms with Crippen molar-refractivity contribution in [3.63, 3.8) is 0 Å². The zero-order valence-corrected chi connectivity index (χ0v) is 16.4. The summed E-state index contributed by atoms with van der Waals surface area (Å²) in [5, 5.41) is 12.8. The summed E-state index contributed by atoms with van der Waals surface area (Å²) in [6.45, 7) is 0.744. The number of carboxylic acids is 1. The van der Waals surface area contributed by atoms with Crippen molar-refractivity contribution in [2.24, 2.45) is 0 Å². The van der Waals surface area contributed by atoms with E-state index in [9.17, 15) is 14.4 Å². The van der Waals surface area contributed by atoms with E-state index in [4.69, 9.17) is 5.11 Å². The van der Waals surface area contributed by atoms with E-state index in [0.717, 1.165) is 36.7 Å². The zero-order valence-electron chi connectivity index (χ0n) is 16.4. The van der Waals surface area contributed by atoms with Gasteiger partial charge in [0, 0.05) is 23.7 Å². The number of unbranched alkanes of at least 4 members (excludes halogenated alkanes) is 4. The molecule has 1 amide bonds. The Hall–Kier alpha value is -3.15. The molecule has 0 saturated carbocycles. The normalized spacial score (nSPS) is 11.0. The first-order chi connectivity index (χ1) is 14.1. The van der Waals surface area contributed by atoms with Gasteiger partial charge in [-0.3, -0.25) is 14.4 Å². The molecule has 0 aliphatic rings. The summed E-state index contributed by atoms with van der Waals surface area (Å²) in [5.74, 6) is -0.838. The molecule has 29 heavy (non-hydrogen) atoms. The summed E-state index contributed by atoms with van der Waals surface area (Å²) >= 11 is 0. The molecule has 0 radical (unpaired) electrons. The monoisotopic (exact) mass is 394 g/mol. The fourth-order valence-electron chi connectivity index (χ4n) is 3.61. The standard InChI is InChI=1S/C23H26N2O4/c26-21(24-15-9-3-1-2-4-14-22(27)28)16-25-19-12-7-5-10-17(19)23(29)18-11-6-8-13-20(18)25/h5-8,10-13H,1-4,9,14-16H2,(H,24,26)(H,27,28). The third-order valence-electron chi connectivity index (χ3n) is 5.07. The van der Waals surface area contributed by atoms with Crippen molar-refractivity contribution in [3.8, 4) is 0 Å². The second kappa shape index (κ2) is 9.87.